The predicted octanol–water partition coefficient (Wildman–Crippen LogP) is 1.01. The summed E-state index contributed by atoms with van der Waals surface area (Å²) in [5.41, 5.74) is 13.5. The number of rotatable bonds is 6. The molecule has 0 aliphatic rings. The highest BCUT2D eigenvalue weighted by atomic mass is 15.1. The fourth-order valence-corrected chi connectivity index (χ4v) is 0.938. The highest BCUT2D eigenvalue weighted by Gasteiger charge is 2.14. The minimum atomic E-state index is 0.0414. The molecule has 5 heteroatoms. The zero-order chi connectivity index (χ0) is 9.45. The standard InChI is InChI=1S/C7H17N5/c1-7(2,3-4-8)10-5-6-11-12-9/h10H,3-6,8H2,1-2H3. The van der Waals surface area contributed by atoms with Gasteiger partial charge in [0.2, 0.25) is 0 Å². The van der Waals surface area contributed by atoms with E-state index in [0.717, 1.165) is 6.42 Å². The van der Waals surface area contributed by atoms with Crippen LogP contribution in [0.4, 0.5) is 0 Å². The summed E-state index contributed by atoms with van der Waals surface area (Å²) in [5, 5.41) is 6.67. The minimum absolute atomic E-state index is 0.0414. The topological polar surface area (TPSA) is 86.8 Å². The maximum Gasteiger partial charge on any atom is 0.0383 e. The van der Waals surface area contributed by atoms with Crippen LogP contribution in [-0.4, -0.2) is 25.2 Å². The fourth-order valence-electron chi connectivity index (χ4n) is 0.938. The number of hydrogen-bond acceptors (Lipinski definition) is 3. The number of hydrogen-bond donors (Lipinski definition) is 2. The molecule has 0 aromatic heterocycles. The first-order valence-electron chi connectivity index (χ1n) is 4.08. The van der Waals surface area contributed by atoms with Crippen LogP contribution >= 0.6 is 0 Å². The maximum absolute atomic E-state index is 8.01. The quantitative estimate of drug-likeness (QED) is 0.270. The molecular formula is C7H17N5. The van der Waals surface area contributed by atoms with E-state index in [4.69, 9.17) is 11.3 Å². The predicted molar refractivity (Wildman–Crippen MR) is 49.8 cm³/mol. The van der Waals surface area contributed by atoms with E-state index in [9.17, 15) is 0 Å². The molecule has 0 radical (unpaired) electrons. The maximum atomic E-state index is 8.01. The molecule has 0 aromatic carbocycles. The van der Waals surface area contributed by atoms with Crippen LogP contribution in [-0.2, 0) is 0 Å². The Kier molecular flexibility index (Phi) is 5.45. The molecule has 0 amide bonds. The highest BCUT2D eigenvalue weighted by Crippen LogP contribution is 2.05. The molecule has 0 bridgehead atoms. The first kappa shape index (κ1) is 11.2. The summed E-state index contributed by atoms with van der Waals surface area (Å²) in [6.07, 6.45) is 0.920. The van der Waals surface area contributed by atoms with Crippen LogP contribution in [0.3, 0.4) is 0 Å². The lowest BCUT2D eigenvalue weighted by atomic mass is 10.0. The van der Waals surface area contributed by atoms with Crippen molar-refractivity contribution in [1.82, 2.24) is 5.32 Å². The zero-order valence-electron chi connectivity index (χ0n) is 7.75. The van der Waals surface area contributed by atoms with Crippen molar-refractivity contribution >= 4 is 0 Å². The summed E-state index contributed by atoms with van der Waals surface area (Å²) in [5.74, 6) is 0. The Bertz CT molecular complexity index is 159. The molecule has 0 saturated heterocycles. The lowest BCUT2D eigenvalue weighted by Crippen LogP contribution is -2.42. The lowest BCUT2D eigenvalue weighted by Gasteiger charge is -2.25. The Morgan fingerprint density at radius 3 is 2.75 bits per heavy atom. The summed E-state index contributed by atoms with van der Waals surface area (Å²) < 4.78 is 0. The van der Waals surface area contributed by atoms with Gasteiger partial charge in [0.1, 0.15) is 0 Å². The van der Waals surface area contributed by atoms with Gasteiger partial charge in [0.15, 0.2) is 0 Å². The second-order valence-corrected chi connectivity index (χ2v) is 3.30. The van der Waals surface area contributed by atoms with Crippen molar-refractivity contribution in [2.45, 2.75) is 25.8 Å². The van der Waals surface area contributed by atoms with Gasteiger partial charge < -0.3 is 11.1 Å². The van der Waals surface area contributed by atoms with E-state index >= 15 is 0 Å². The molecule has 0 aliphatic heterocycles. The monoisotopic (exact) mass is 171 g/mol. The highest BCUT2D eigenvalue weighted by molar-refractivity contribution is 4.77. The van der Waals surface area contributed by atoms with Gasteiger partial charge in [0.25, 0.3) is 0 Å². The largest absolute Gasteiger partial charge is 0.330 e. The van der Waals surface area contributed by atoms with Crippen LogP contribution < -0.4 is 11.1 Å². The SMILES string of the molecule is CC(C)(CCN)NCCN=[N+]=[N-]. The van der Waals surface area contributed by atoms with Crippen LogP contribution in [0.25, 0.3) is 10.4 Å². The summed E-state index contributed by atoms with van der Waals surface area (Å²) in [7, 11) is 0. The molecule has 0 aliphatic carbocycles. The number of nitrogens with two attached hydrogens (primary N) is 1. The van der Waals surface area contributed by atoms with Crippen LogP contribution in [0.5, 0.6) is 0 Å². The van der Waals surface area contributed by atoms with Crippen LogP contribution in [0.1, 0.15) is 20.3 Å². The summed E-state index contributed by atoms with van der Waals surface area (Å²) in [6, 6.07) is 0. The average Bonchev–Trinajstić information content (AvgIpc) is 1.98. The first-order valence-corrected chi connectivity index (χ1v) is 4.08. The number of nitrogens with one attached hydrogen (secondary N) is 1. The van der Waals surface area contributed by atoms with E-state index in [-0.39, 0.29) is 5.54 Å². The van der Waals surface area contributed by atoms with E-state index in [1.165, 1.54) is 0 Å². The van der Waals surface area contributed by atoms with Gasteiger partial charge in [-0.15, -0.1) is 0 Å². The van der Waals surface area contributed by atoms with Gasteiger partial charge in [-0.3, -0.25) is 0 Å². The van der Waals surface area contributed by atoms with Gasteiger partial charge in [-0.1, -0.05) is 5.11 Å². The third-order valence-electron chi connectivity index (χ3n) is 1.65. The molecule has 12 heavy (non-hydrogen) atoms. The second kappa shape index (κ2) is 5.83. The molecular weight excluding hydrogens is 154 g/mol. The molecule has 0 aromatic rings. The van der Waals surface area contributed by atoms with Crippen molar-refractivity contribution in [2.24, 2.45) is 10.8 Å². The van der Waals surface area contributed by atoms with Gasteiger partial charge in [-0.25, -0.2) is 0 Å². The Balaban J connectivity index is 3.52. The molecule has 0 rings (SSSR count). The van der Waals surface area contributed by atoms with E-state index in [1.807, 2.05) is 0 Å². The number of nitrogens with zero attached hydrogens (tertiary/aromatic N) is 3. The fraction of sp³-hybridized carbons (Fsp3) is 1.00. The molecule has 0 heterocycles. The number of azide groups is 1. The van der Waals surface area contributed by atoms with Crippen LogP contribution in [0.15, 0.2) is 5.11 Å². The van der Waals surface area contributed by atoms with Gasteiger partial charge >= 0.3 is 0 Å². The molecule has 0 saturated carbocycles. The molecule has 5 nitrogen and oxygen atoms in total. The molecule has 0 fully saturated rings. The Morgan fingerprint density at radius 2 is 2.25 bits per heavy atom. The van der Waals surface area contributed by atoms with Gasteiger partial charge in [0, 0.05) is 23.5 Å². The van der Waals surface area contributed by atoms with E-state index in [1.54, 1.807) is 0 Å². The Labute approximate surface area is 73.0 Å². The molecule has 3 N–H and O–H groups in total. The van der Waals surface area contributed by atoms with Gasteiger partial charge in [-0.05, 0) is 32.3 Å². The Hall–Kier alpha value is -0.770. The molecule has 70 valence electrons. The summed E-state index contributed by atoms with van der Waals surface area (Å²) >= 11 is 0. The van der Waals surface area contributed by atoms with Crippen molar-refractivity contribution in [3.05, 3.63) is 10.4 Å². The Morgan fingerprint density at radius 1 is 1.58 bits per heavy atom. The second-order valence-electron chi connectivity index (χ2n) is 3.30. The summed E-state index contributed by atoms with van der Waals surface area (Å²) in [6.45, 7) is 6.02. The van der Waals surface area contributed by atoms with E-state index < -0.39 is 0 Å². The zero-order valence-corrected chi connectivity index (χ0v) is 7.75. The van der Waals surface area contributed by atoms with Crippen LogP contribution in [0, 0.1) is 0 Å². The molecule has 0 spiro atoms. The third kappa shape index (κ3) is 5.97. The van der Waals surface area contributed by atoms with Crippen molar-refractivity contribution in [3.63, 3.8) is 0 Å². The van der Waals surface area contributed by atoms with Crippen LogP contribution in [0.2, 0.25) is 0 Å². The lowest BCUT2D eigenvalue weighted by molar-refractivity contribution is 0.372. The molecule has 0 atom stereocenters. The van der Waals surface area contributed by atoms with Crippen molar-refractivity contribution < 1.29 is 0 Å². The third-order valence-corrected chi connectivity index (χ3v) is 1.65. The molecule has 0 unspecified atom stereocenters. The van der Waals surface area contributed by atoms with Gasteiger partial charge in [0.05, 0.1) is 0 Å². The minimum Gasteiger partial charge on any atom is -0.330 e. The normalized spacial score (nSPS) is 10.9. The van der Waals surface area contributed by atoms with Crippen molar-refractivity contribution in [2.75, 3.05) is 19.6 Å². The summed E-state index contributed by atoms with van der Waals surface area (Å²) in [4.78, 5) is 2.66. The first-order chi connectivity index (χ1) is 5.62. The van der Waals surface area contributed by atoms with E-state index in [0.29, 0.717) is 19.6 Å². The van der Waals surface area contributed by atoms with Crippen molar-refractivity contribution in [1.29, 1.82) is 0 Å². The van der Waals surface area contributed by atoms with Crippen molar-refractivity contribution in [3.8, 4) is 0 Å². The van der Waals surface area contributed by atoms with E-state index in [2.05, 4.69) is 29.2 Å². The smallest absolute Gasteiger partial charge is 0.0383 e. The average molecular weight is 171 g/mol. The van der Waals surface area contributed by atoms with Gasteiger partial charge in [-0.2, -0.15) is 0 Å².